The van der Waals surface area contributed by atoms with Gasteiger partial charge in [-0.1, -0.05) is 43.6 Å². The highest BCUT2D eigenvalue weighted by Gasteiger charge is 2.04. The number of hydrogen-bond acceptors (Lipinski definition) is 0. The van der Waals surface area contributed by atoms with Gasteiger partial charge in [-0.05, 0) is 31.3 Å². The molecule has 0 aromatic rings. The number of hydrogen-bond donors (Lipinski definition) is 0. The maximum absolute atomic E-state index is 3.75. The molecule has 0 spiro atoms. The van der Waals surface area contributed by atoms with Gasteiger partial charge < -0.3 is 0 Å². The first kappa shape index (κ1) is 10.3. The van der Waals surface area contributed by atoms with Gasteiger partial charge in [0.15, 0.2) is 0 Å². The molecule has 0 N–H and O–H groups in total. The Hall–Kier alpha value is -0.780. The third-order valence-corrected chi connectivity index (χ3v) is 2.50. The lowest BCUT2D eigenvalue weighted by molar-refractivity contribution is 0.708. The van der Waals surface area contributed by atoms with Gasteiger partial charge in [-0.15, -0.1) is 6.58 Å². The zero-order valence-electron chi connectivity index (χ0n) is 8.68. The third-order valence-electron chi connectivity index (χ3n) is 2.50. The molecule has 1 aliphatic carbocycles. The van der Waals surface area contributed by atoms with Crippen LogP contribution < -0.4 is 0 Å². The summed E-state index contributed by atoms with van der Waals surface area (Å²) >= 11 is 0. The maximum atomic E-state index is 3.75. The number of allylic oxidation sites excluding steroid dienone is 5. The molecule has 0 atom stereocenters. The Morgan fingerprint density at radius 1 is 1.46 bits per heavy atom. The van der Waals surface area contributed by atoms with E-state index in [0.717, 1.165) is 6.42 Å². The van der Waals surface area contributed by atoms with Crippen LogP contribution in [-0.2, 0) is 0 Å². The van der Waals surface area contributed by atoms with Crippen LogP contribution in [-0.4, -0.2) is 0 Å². The Balaban J connectivity index is 2.24. The molecular weight excluding hydrogens is 156 g/mol. The summed E-state index contributed by atoms with van der Waals surface area (Å²) in [5.74, 6) is 0. The van der Waals surface area contributed by atoms with Gasteiger partial charge in [0.25, 0.3) is 0 Å². The SMILES string of the molecule is C=CCC1=CCC(CCCCC)=C1. The second kappa shape index (κ2) is 5.80. The fraction of sp³-hybridized carbons (Fsp3) is 0.538. The van der Waals surface area contributed by atoms with Gasteiger partial charge in [0.05, 0.1) is 0 Å². The smallest absolute Gasteiger partial charge is 0.0103 e. The average molecular weight is 176 g/mol. The van der Waals surface area contributed by atoms with Crippen molar-refractivity contribution in [1.29, 1.82) is 0 Å². The molecule has 1 aliphatic rings. The molecule has 0 amide bonds. The first-order chi connectivity index (χ1) is 6.36. The monoisotopic (exact) mass is 176 g/mol. The van der Waals surface area contributed by atoms with E-state index in [2.05, 4.69) is 25.7 Å². The lowest BCUT2D eigenvalue weighted by Crippen LogP contribution is -1.79. The van der Waals surface area contributed by atoms with E-state index < -0.39 is 0 Å². The van der Waals surface area contributed by atoms with Crippen molar-refractivity contribution >= 4 is 0 Å². The molecule has 0 heteroatoms. The van der Waals surface area contributed by atoms with Crippen LogP contribution in [0.5, 0.6) is 0 Å². The van der Waals surface area contributed by atoms with Crippen LogP contribution in [0.15, 0.2) is 36.0 Å². The maximum Gasteiger partial charge on any atom is -0.0103 e. The quantitative estimate of drug-likeness (QED) is 0.415. The standard InChI is InChI=1S/C13H20/c1-3-5-6-8-13-10-9-12(11-13)7-4-2/h4,9,11H,2-3,5-8,10H2,1H3. The third kappa shape index (κ3) is 3.63. The first-order valence-corrected chi connectivity index (χ1v) is 5.36. The van der Waals surface area contributed by atoms with Crippen LogP contribution in [0.25, 0.3) is 0 Å². The average Bonchev–Trinajstić information content (AvgIpc) is 2.54. The normalized spacial score (nSPS) is 15.5. The first-order valence-electron chi connectivity index (χ1n) is 5.36. The van der Waals surface area contributed by atoms with Gasteiger partial charge in [0, 0.05) is 0 Å². The fourth-order valence-corrected chi connectivity index (χ4v) is 1.73. The summed E-state index contributed by atoms with van der Waals surface area (Å²) in [6, 6.07) is 0. The number of rotatable bonds is 6. The predicted octanol–water partition coefficient (Wildman–Crippen LogP) is 4.40. The summed E-state index contributed by atoms with van der Waals surface area (Å²) in [5.41, 5.74) is 3.08. The molecule has 0 saturated carbocycles. The second-order valence-electron chi connectivity index (χ2n) is 3.74. The largest absolute Gasteiger partial charge is 0.103 e. The van der Waals surface area contributed by atoms with Crippen molar-refractivity contribution in [2.24, 2.45) is 0 Å². The lowest BCUT2D eigenvalue weighted by Gasteiger charge is -1.99. The van der Waals surface area contributed by atoms with Crippen LogP contribution in [0, 0.1) is 0 Å². The van der Waals surface area contributed by atoms with Gasteiger partial charge in [-0.3, -0.25) is 0 Å². The zero-order valence-corrected chi connectivity index (χ0v) is 8.68. The Morgan fingerprint density at radius 2 is 2.31 bits per heavy atom. The van der Waals surface area contributed by atoms with E-state index in [1.165, 1.54) is 37.7 Å². The van der Waals surface area contributed by atoms with Crippen molar-refractivity contribution in [2.45, 2.75) is 45.4 Å². The fourth-order valence-electron chi connectivity index (χ4n) is 1.73. The van der Waals surface area contributed by atoms with E-state index in [0.29, 0.717) is 0 Å². The molecule has 0 aromatic carbocycles. The van der Waals surface area contributed by atoms with E-state index in [4.69, 9.17) is 0 Å². The highest BCUT2D eigenvalue weighted by molar-refractivity contribution is 5.33. The number of unbranched alkanes of at least 4 members (excludes halogenated alkanes) is 2. The van der Waals surface area contributed by atoms with Crippen molar-refractivity contribution in [2.75, 3.05) is 0 Å². The minimum Gasteiger partial charge on any atom is -0.103 e. The van der Waals surface area contributed by atoms with E-state index in [1.807, 2.05) is 6.08 Å². The van der Waals surface area contributed by atoms with Gasteiger partial charge in [0.2, 0.25) is 0 Å². The van der Waals surface area contributed by atoms with Gasteiger partial charge in [0.1, 0.15) is 0 Å². The Kier molecular flexibility index (Phi) is 4.59. The van der Waals surface area contributed by atoms with E-state index in [9.17, 15) is 0 Å². The molecule has 0 nitrogen and oxygen atoms in total. The van der Waals surface area contributed by atoms with Crippen molar-refractivity contribution in [3.05, 3.63) is 36.0 Å². The lowest BCUT2D eigenvalue weighted by atomic mass is 10.1. The Labute approximate surface area is 82.0 Å². The van der Waals surface area contributed by atoms with Crippen LogP contribution in [0.3, 0.4) is 0 Å². The predicted molar refractivity (Wildman–Crippen MR) is 59.7 cm³/mol. The van der Waals surface area contributed by atoms with Crippen LogP contribution in [0.2, 0.25) is 0 Å². The molecule has 0 aliphatic heterocycles. The molecule has 0 bridgehead atoms. The Bertz CT molecular complexity index is 218. The molecule has 0 aromatic heterocycles. The molecule has 13 heavy (non-hydrogen) atoms. The summed E-state index contributed by atoms with van der Waals surface area (Å²) < 4.78 is 0. The topological polar surface area (TPSA) is 0 Å². The molecule has 0 saturated heterocycles. The summed E-state index contributed by atoms with van der Waals surface area (Å²) in [7, 11) is 0. The summed E-state index contributed by atoms with van der Waals surface area (Å²) in [6.45, 7) is 6.01. The molecule has 0 radical (unpaired) electrons. The highest BCUT2D eigenvalue weighted by Crippen LogP contribution is 2.24. The van der Waals surface area contributed by atoms with Crippen molar-refractivity contribution in [3.8, 4) is 0 Å². The minimum atomic E-state index is 1.04. The highest BCUT2D eigenvalue weighted by atomic mass is 14.1. The van der Waals surface area contributed by atoms with E-state index in [1.54, 1.807) is 5.57 Å². The Morgan fingerprint density at radius 3 is 3.00 bits per heavy atom. The molecule has 0 fully saturated rings. The van der Waals surface area contributed by atoms with Crippen molar-refractivity contribution in [3.63, 3.8) is 0 Å². The summed E-state index contributed by atoms with van der Waals surface area (Å²) in [6.07, 6.45) is 14.2. The van der Waals surface area contributed by atoms with E-state index in [-0.39, 0.29) is 0 Å². The van der Waals surface area contributed by atoms with Gasteiger partial charge in [-0.25, -0.2) is 0 Å². The van der Waals surface area contributed by atoms with Crippen LogP contribution >= 0.6 is 0 Å². The van der Waals surface area contributed by atoms with Crippen molar-refractivity contribution in [1.82, 2.24) is 0 Å². The summed E-state index contributed by atoms with van der Waals surface area (Å²) in [5, 5.41) is 0. The minimum absolute atomic E-state index is 1.04. The van der Waals surface area contributed by atoms with Gasteiger partial charge in [-0.2, -0.15) is 0 Å². The molecule has 72 valence electrons. The zero-order chi connectivity index (χ0) is 9.52. The van der Waals surface area contributed by atoms with Gasteiger partial charge >= 0.3 is 0 Å². The summed E-state index contributed by atoms with van der Waals surface area (Å²) in [4.78, 5) is 0. The van der Waals surface area contributed by atoms with Crippen molar-refractivity contribution < 1.29 is 0 Å². The van der Waals surface area contributed by atoms with Crippen LogP contribution in [0.4, 0.5) is 0 Å². The van der Waals surface area contributed by atoms with E-state index >= 15 is 0 Å². The van der Waals surface area contributed by atoms with Crippen LogP contribution in [0.1, 0.15) is 45.4 Å². The molecule has 0 unspecified atom stereocenters. The second-order valence-corrected chi connectivity index (χ2v) is 3.74. The molecule has 0 heterocycles. The molecular formula is C13H20. The molecule has 1 rings (SSSR count).